The molecule has 7 heteroatoms. The highest BCUT2D eigenvalue weighted by molar-refractivity contribution is 6.35. The number of nitrogens with zero attached hydrogens (tertiary/aromatic N) is 1. The van der Waals surface area contributed by atoms with Gasteiger partial charge in [-0.15, -0.1) is 0 Å². The Bertz CT molecular complexity index is 626. The first-order chi connectivity index (χ1) is 8.99. The zero-order valence-electron chi connectivity index (χ0n) is 9.45. The lowest BCUT2D eigenvalue weighted by molar-refractivity contribution is 0.102. The van der Waals surface area contributed by atoms with Crippen LogP contribution < -0.4 is 11.1 Å². The number of anilines is 2. The third-order valence-electron chi connectivity index (χ3n) is 2.32. The van der Waals surface area contributed by atoms with Crippen molar-refractivity contribution in [1.82, 2.24) is 4.98 Å². The number of hydrogen-bond acceptors (Lipinski definition) is 3. The molecule has 2 aromatic rings. The number of benzene rings is 1. The first-order valence-electron chi connectivity index (χ1n) is 5.15. The van der Waals surface area contributed by atoms with Crippen LogP contribution in [0.4, 0.5) is 15.9 Å². The smallest absolute Gasteiger partial charge is 0.259 e. The molecule has 98 valence electrons. The number of rotatable bonds is 2. The highest BCUT2D eigenvalue weighted by Gasteiger charge is 2.13. The van der Waals surface area contributed by atoms with Crippen LogP contribution in [0.3, 0.4) is 0 Å². The number of pyridine rings is 1. The molecular weight excluding hydrogens is 292 g/mol. The first kappa shape index (κ1) is 13.6. The largest absolute Gasteiger partial charge is 0.383 e. The summed E-state index contributed by atoms with van der Waals surface area (Å²) in [7, 11) is 0. The minimum atomic E-state index is -0.734. The van der Waals surface area contributed by atoms with Gasteiger partial charge in [0, 0.05) is 11.9 Å². The molecule has 0 aliphatic carbocycles. The third-order valence-corrected chi connectivity index (χ3v) is 2.87. The van der Waals surface area contributed by atoms with Crippen LogP contribution in [0.25, 0.3) is 0 Å². The van der Waals surface area contributed by atoms with E-state index in [9.17, 15) is 9.18 Å². The SMILES string of the molecule is Nc1ncccc1C(=O)Nc1cc(Cl)c(F)c(Cl)c1. The van der Waals surface area contributed by atoms with E-state index < -0.39 is 11.7 Å². The Morgan fingerprint density at radius 2 is 1.95 bits per heavy atom. The molecule has 3 N–H and O–H groups in total. The second-order valence-electron chi connectivity index (χ2n) is 3.64. The number of amides is 1. The molecule has 0 fully saturated rings. The first-order valence-corrected chi connectivity index (χ1v) is 5.91. The Balaban J connectivity index is 2.27. The summed E-state index contributed by atoms with van der Waals surface area (Å²) in [6.45, 7) is 0. The van der Waals surface area contributed by atoms with Crippen molar-refractivity contribution in [2.75, 3.05) is 11.1 Å². The molecule has 0 saturated heterocycles. The Labute approximate surface area is 118 Å². The normalized spacial score (nSPS) is 10.3. The van der Waals surface area contributed by atoms with E-state index in [0.29, 0.717) is 0 Å². The van der Waals surface area contributed by atoms with Gasteiger partial charge >= 0.3 is 0 Å². The summed E-state index contributed by atoms with van der Waals surface area (Å²) in [6, 6.07) is 5.61. The molecular formula is C12H8Cl2FN3O. The summed E-state index contributed by atoms with van der Waals surface area (Å²) in [5.74, 6) is -1.12. The highest BCUT2D eigenvalue weighted by Crippen LogP contribution is 2.27. The van der Waals surface area contributed by atoms with Crippen molar-refractivity contribution < 1.29 is 9.18 Å². The zero-order valence-corrected chi connectivity index (χ0v) is 11.0. The van der Waals surface area contributed by atoms with Crippen LogP contribution in [-0.2, 0) is 0 Å². The number of carbonyl (C=O) groups is 1. The van der Waals surface area contributed by atoms with E-state index in [1.807, 2.05) is 0 Å². The van der Waals surface area contributed by atoms with Crippen LogP contribution in [0, 0.1) is 5.82 Å². The van der Waals surface area contributed by atoms with Crippen molar-refractivity contribution in [3.8, 4) is 0 Å². The summed E-state index contributed by atoms with van der Waals surface area (Å²) in [5.41, 5.74) is 6.05. The Morgan fingerprint density at radius 1 is 1.32 bits per heavy atom. The minimum Gasteiger partial charge on any atom is -0.383 e. The number of halogens is 3. The number of nitrogens with one attached hydrogen (secondary N) is 1. The summed E-state index contributed by atoms with van der Waals surface area (Å²) in [5, 5.41) is 2.16. The van der Waals surface area contributed by atoms with E-state index in [2.05, 4.69) is 10.3 Å². The van der Waals surface area contributed by atoms with Crippen molar-refractivity contribution in [3.63, 3.8) is 0 Å². The zero-order chi connectivity index (χ0) is 14.0. The van der Waals surface area contributed by atoms with Crippen LogP contribution in [-0.4, -0.2) is 10.9 Å². The van der Waals surface area contributed by atoms with Gasteiger partial charge in [0.25, 0.3) is 5.91 Å². The lowest BCUT2D eigenvalue weighted by Crippen LogP contribution is -2.14. The average molecular weight is 300 g/mol. The fourth-order valence-corrected chi connectivity index (χ4v) is 1.92. The molecule has 0 radical (unpaired) electrons. The molecule has 1 aromatic carbocycles. The fraction of sp³-hybridized carbons (Fsp3) is 0. The Morgan fingerprint density at radius 3 is 2.53 bits per heavy atom. The predicted octanol–water partition coefficient (Wildman–Crippen LogP) is 3.36. The van der Waals surface area contributed by atoms with Crippen molar-refractivity contribution in [2.24, 2.45) is 0 Å². The van der Waals surface area contributed by atoms with Crippen molar-refractivity contribution in [2.45, 2.75) is 0 Å². The highest BCUT2D eigenvalue weighted by atomic mass is 35.5. The van der Waals surface area contributed by atoms with E-state index in [1.165, 1.54) is 24.4 Å². The van der Waals surface area contributed by atoms with Gasteiger partial charge in [-0.3, -0.25) is 4.79 Å². The summed E-state index contributed by atoms with van der Waals surface area (Å²) >= 11 is 11.3. The molecule has 1 amide bonds. The monoisotopic (exact) mass is 299 g/mol. The lowest BCUT2D eigenvalue weighted by atomic mass is 10.2. The van der Waals surface area contributed by atoms with E-state index in [4.69, 9.17) is 28.9 Å². The fourth-order valence-electron chi connectivity index (χ4n) is 1.44. The van der Waals surface area contributed by atoms with E-state index in [-0.39, 0.29) is 27.1 Å². The topological polar surface area (TPSA) is 68.0 Å². The number of hydrogen-bond donors (Lipinski definition) is 2. The van der Waals surface area contributed by atoms with Gasteiger partial charge in [-0.1, -0.05) is 23.2 Å². The number of carbonyl (C=O) groups excluding carboxylic acids is 1. The number of nitrogen functional groups attached to an aromatic ring is 1. The van der Waals surface area contributed by atoms with E-state index in [0.717, 1.165) is 0 Å². The molecule has 0 bridgehead atoms. The summed E-state index contributed by atoms with van der Waals surface area (Å²) in [6.07, 6.45) is 1.47. The molecule has 1 aromatic heterocycles. The van der Waals surface area contributed by atoms with Gasteiger partial charge in [0.05, 0.1) is 15.6 Å². The molecule has 0 aliphatic rings. The van der Waals surface area contributed by atoms with Gasteiger partial charge in [-0.2, -0.15) is 0 Å². The van der Waals surface area contributed by atoms with Gasteiger partial charge in [-0.05, 0) is 24.3 Å². The van der Waals surface area contributed by atoms with Gasteiger partial charge < -0.3 is 11.1 Å². The van der Waals surface area contributed by atoms with E-state index >= 15 is 0 Å². The van der Waals surface area contributed by atoms with Crippen molar-refractivity contribution in [1.29, 1.82) is 0 Å². The third kappa shape index (κ3) is 2.94. The molecule has 2 rings (SSSR count). The molecule has 19 heavy (non-hydrogen) atoms. The molecule has 0 aliphatic heterocycles. The van der Waals surface area contributed by atoms with Crippen molar-refractivity contribution >= 4 is 40.6 Å². The molecule has 0 spiro atoms. The van der Waals surface area contributed by atoms with Crippen LogP contribution in [0.1, 0.15) is 10.4 Å². The lowest BCUT2D eigenvalue weighted by Gasteiger charge is -2.08. The molecule has 0 saturated carbocycles. The minimum absolute atomic E-state index is 0.0966. The average Bonchev–Trinajstić information content (AvgIpc) is 2.36. The standard InChI is InChI=1S/C12H8Cl2FN3O/c13-8-4-6(5-9(14)10(8)15)18-12(19)7-2-1-3-17-11(7)16/h1-5H,(H2,16,17)(H,18,19). The van der Waals surface area contributed by atoms with Crippen LogP contribution in [0.2, 0.25) is 10.0 Å². The number of nitrogens with two attached hydrogens (primary N) is 1. The quantitative estimate of drug-likeness (QED) is 0.836. The second-order valence-corrected chi connectivity index (χ2v) is 4.46. The van der Waals surface area contributed by atoms with E-state index in [1.54, 1.807) is 6.07 Å². The van der Waals surface area contributed by atoms with Crippen molar-refractivity contribution in [3.05, 3.63) is 51.9 Å². The molecule has 4 nitrogen and oxygen atoms in total. The molecule has 0 unspecified atom stereocenters. The van der Waals surface area contributed by atoms with Crippen LogP contribution >= 0.6 is 23.2 Å². The maximum Gasteiger partial charge on any atom is 0.259 e. The van der Waals surface area contributed by atoms with Gasteiger partial charge in [0.1, 0.15) is 5.82 Å². The molecule has 1 heterocycles. The molecule has 0 atom stereocenters. The number of aromatic nitrogens is 1. The maximum atomic E-state index is 13.2. The van der Waals surface area contributed by atoms with Gasteiger partial charge in [0.15, 0.2) is 5.82 Å². The Kier molecular flexibility index (Phi) is 3.87. The summed E-state index contributed by atoms with van der Waals surface area (Å²) in [4.78, 5) is 15.7. The van der Waals surface area contributed by atoms with Gasteiger partial charge in [-0.25, -0.2) is 9.37 Å². The maximum absolute atomic E-state index is 13.2. The second kappa shape index (κ2) is 5.42. The van der Waals surface area contributed by atoms with Crippen LogP contribution in [0.15, 0.2) is 30.5 Å². The van der Waals surface area contributed by atoms with Gasteiger partial charge in [0.2, 0.25) is 0 Å². The summed E-state index contributed by atoms with van der Waals surface area (Å²) < 4.78 is 13.2. The van der Waals surface area contributed by atoms with Crippen LogP contribution in [0.5, 0.6) is 0 Å². The predicted molar refractivity (Wildman–Crippen MR) is 73.0 cm³/mol. The Hall–Kier alpha value is -1.85.